The minimum atomic E-state index is -0.814. The summed E-state index contributed by atoms with van der Waals surface area (Å²) in [4.78, 5) is 2.05. The molecule has 1 unspecified atom stereocenters. The summed E-state index contributed by atoms with van der Waals surface area (Å²) < 4.78 is 3.38. The van der Waals surface area contributed by atoms with Crippen LogP contribution in [0.5, 0.6) is 0 Å². The fraction of sp³-hybridized carbons (Fsp3) is 0.500. The molecule has 0 aliphatic heterocycles. The van der Waals surface area contributed by atoms with Crippen molar-refractivity contribution < 1.29 is 5.11 Å². The van der Waals surface area contributed by atoms with Gasteiger partial charge in [0.15, 0.2) is 0 Å². The zero-order valence-corrected chi connectivity index (χ0v) is 12.0. The second-order valence-electron chi connectivity index (χ2n) is 4.75. The molecule has 0 radical (unpaired) electrons. The lowest BCUT2D eigenvalue weighted by molar-refractivity contribution is 0.205. The van der Waals surface area contributed by atoms with E-state index in [1.54, 1.807) is 35.0 Å². The van der Waals surface area contributed by atoms with E-state index in [1.165, 1.54) is 0 Å². The van der Waals surface area contributed by atoms with Crippen LogP contribution in [0.2, 0.25) is 5.02 Å². The van der Waals surface area contributed by atoms with Crippen molar-refractivity contribution in [2.45, 2.75) is 12.6 Å². The standard InChI is InChI=1S/C12H18ClN5O/c1-16(2)4-5-18-11(10(13)7-15-18)12(19)9-6-14-17(3)8-9/h6-8,12,19H,4-5H2,1-3H3. The van der Waals surface area contributed by atoms with Crippen LogP contribution in [-0.4, -0.2) is 50.2 Å². The summed E-state index contributed by atoms with van der Waals surface area (Å²) in [6.07, 6.45) is 4.15. The minimum Gasteiger partial charge on any atom is -0.382 e. The number of aromatic nitrogens is 4. The molecule has 6 nitrogen and oxygen atoms in total. The van der Waals surface area contributed by atoms with Crippen LogP contribution in [0.15, 0.2) is 18.6 Å². The number of hydrogen-bond donors (Lipinski definition) is 1. The molecule has 0 saturated heterocycles. The van der Waals surface area contributed by atoms with Gasteiger partial charge in [0.1, 0.15) is 6.10 Å². The average Bonchev–Trinajstić information content (AvgIpc) is 2.92. The number of aryl methyl sites for hydroxylation is 1. The Bertz CT molecular complexity index is 548. The molecule has 104 valence electrons. The molecule has 0 aliphatic carbocycles. The molecule has 1 atom stereocenters. The number of aliphatic hydroxyl groups excluding tert-OH is 1. The van der Waals surface area contributed by atoms with E-state index in [0.29, 0.717) is 22.8 Å². The molecule has 2 aromatic rings. The second-order valence-corrected chi connectivity index (χ2v) is 5.16. The van der Waals surface area contributed by atoms with Gasteiger partial charge in [-0.2, -0.15) is 10.2 Å². The predicted molar refractivity (Wildman–Crippen MR) is 73.1 cm³/mol. The number of likely N-dealkylation sites (N-methyl/N-ethyl adjacent to an activating group) is 1. The average molecular weight is 284 g/mol. The monoisotopic (exact) mass is 283 g/mol. The lowest BCUT2D eigenvalue weighted by Crippen LogP contribution is -2.21. The van der Waals surface area contributed by atoms with E-state index in [1.807, 2.05) is 14.1 Å². The normalized spacial score (nSPS) is 13.2. The van der Waals surface area contributed by atoms with Gasteiger partial charge in [-0.1, -0.05) is 11.6 Å². The highest BCUT2D eigenvalue weighted by Crippen LogP contribution is 2.27. The van der Waals surface area contributed by atoms with Gasteiger partial charge in [-0.05, 0) is 14.1 Å². The van der Waals surface area contributed by atoms with Crippen LogP contribution in [0.3, 0.4) is 0 Å². The molecular weight excluding hydrogens is 266 g/mol. The molecule has 2 heterocycles. The van der Waals surface area contributed by atoms with E-state index in [4.69, 9.17) is 11.6 Å². The van der Waals surface area contributed by atoms with E-state index >= 15 is 0 Å². The first-order valence-electron chi connectivity index (χ1n) is 6.01. The SMILES string of the molecule is CN(C)CCn1ncc(Cl)c1C(O)c1cnn(C)c1. The number of nitrogens with zero attached hydrogens (tertiary/aromatic N) is 5. The third-order valence-corrected chi connectivity index (χ3v) is 3.18. The van der Waals surface area contributed by atoms with E-state index in [2.05, 4.69) is 15.1 Å². The van der Waals surface area contributed by atoms with Crippen molar-refractivity contribution in [3.8, 4) is 0 Å². The Morgan fingerprint density at radius 1 is 1.37 bits per heavy atom. The molecule has 0 amide bonds. The number of hydrogen-bond acceptors (Lipinski definition) is 4. The first-order chi connectivity index (χ1) is 8.99. The molecule has 19 heavy (non-hydrogen) atoms. The van der Waals surface area contributed by atoms with E-state index in [0.717, 1.165) is 6.54 Å². The summed E-state index contributed by atoms with van der Waals surface area (Å²) in [6, 6.07) is 0. The van der Waals surface area contributed by atoms with E-state index in [9.17, 15) is 5.11 Å². The summed E-state index contributed by atoms with van der Waals surface area (Å²) in [5.41, 5.74) is 1.31. The highest BCUT2D eigenvalue weighted by Gasteiger charge is 2.21. The van der Waals surface area contributed by atoms with Crippen LogP contribution in [0, 0.1) is 0 Å². The van der Waals surface area contributed by atoms with Crippen LogP contribution in [0.4, 0.5) is 0 Å². The molecule has 0 bridgehead atoms. The van der Waals surface area contributed by atoms with E-state index < -0.39 is 6.10 Å². The number of halogens is 1. The predicted octanol–water partition coefficient (Wildman–Crippen LogP) is 0.913. The highest BCUT2D eigenvalue weighted by molar-refractivity contribution is 6.31. The Hall–Kier alpha value is -1.37. The largest absolute Gasteiger partial charge is 0.382 e. The summed E-state index contributed by atoms with van der Waals surface area (Å²) in [5.74, 6) is 0. The topological polar surface area (TPSA) is 59.1 Å². The first kappa shape index (κ1) is 14.0. The van der Waals surface area contributed by atoms with Crippen LogP contribution < -0.4 is 0 Å². The number of aliphatic hydroxyl groups is 1. The molecule has 0 spiro atoms. The molecule has 0 fully saturated rings. The van der Waals surface area contributed by atoms with Gasteiger partial charge in [0.25, 0.3) is 0 Å². The summed E-state index contributed by atoms with van der Waals surface area (Å²) >= 11 is 6.13. The molecule has 2 aromatic heterocycles. The smallest absolute Gasteiger partial charge is 0.125 e. The van der Waals surface area contributed by atoms with Crippen molar-refractivity contribution in [2.24, 2.45) is 7.05 Å². The van der Waals surface area contributed by atoms with Crippen molar-refractivity contribution in [2.75, 3.05) is 20.6 Å². The van der Waals surface area contributed by atoms with Crippen molar-refractivity contribution in [3.63, 3.8) is 0 Å². The first-order valence-corrected chi connectivity index (χ1v) is 6.39. The van der Waals surface area contributed by atoms with Gasteiger partial charge in [0.2, 0.25) is 0 Å². The van der Waals surface area contributed by atoms with Crippen LogP contribution in [0.25, 0.3) is 0 Å². The van der Waals surface area contributed by atoms with Crippen molar-refractivity contribution in [3.05, 3.63) is 34.9 Å². The third-order valence-electron chi connectivity index (χ3n) is 2.89. The Kier molecular flexibility index (Phi) is 4.24. The fourth-order valence-electron chi connectivity index (χ4n) is 1.86. The fourth-order valence-corrected chi connectivity index (χ4v) is 2.10. The van der Waals surface area contributed by atoms with Gasteiger partial charge in [-0.3, -0.25) is 9.36 Å². The molecule has 1 N–H and O–H groups in total. The maximum Gasteiger partial charge on any atom is 0.125 e. The van der Waals surface area contributed by atoms with Crippen LogP contribution in [-0.2, 0) is 13.6 Å². The Morgan fingerprint density at radius 2 is 2.11 bits per heavy atom. The number of rotatable bonds is 5. The Balaban J connectivity index is 2.25. The lowest BCUT2D eigenvalue weighted by Gasteiger charge is -2.15. The zero-order chi connectivity index (χ0) is 14.0. The van der Waals surface area contributed by atoms with Gasteiger partial charge in [0, 0.05) is 25.4 Å². The van der Waals surface area contributed by atoms with Crippen molar-refractivity contribution >= 4 is 11.6 Å². The van der Waals surface area contributed by atoms with Gasteiger partial charge in [0.05, 0.1) is 29.7 Å². The van der Waals surface area contributed by atoms with Gasteiger partial charge in [-0.15, -0.1) is 0 Å². The molecule has 2 rings (SSSR count). The summed E-state index contributed by atoms with van der Waals surface area (Å²) in [5, 5.41) is 19.1. The molecule has 0 aromatic carbocycles. The van der Waals surface area contributed by atoms with Crippen LogP contribution >= 0.6 is 11.6 Å². The molecule has 0 saturated carbocycles. The zero-order valence-electron chi connectivity index (χ0n) is 11.3. The maximum atomic E-state index is 10.4. The van der Waals surface area contributed by atoms with Crippen molar-refractivity contribution in [1.82, 2.24) is 24.5 Å². The Morgan fingerprint density at radius 3 is 2.68 bits per heavy atom. The minimum absolute atomic E-state index is 0.468. The summed E-state index contributed by atoms with van der Waals surface area (Å²) in [7, 11) is 5.78. The van der Waals surface area contributed by atoms with Crippen LogP contribution in [0.1, 0.15) is 17.4 Å². The van der Waals surface area contributed by atoms with Gasteiger partial charge >= 0.3 is 0 Å². The van der Waals surface area contributed by atoms with Gasteiger partial charge < -0.3 is 10.0 Å². The highest BCUT2D eigenvalue weighted by atomic mass is 35.5. The van der Waals surface area contributed by atoms with Crippen molar-refractivity contribution in [1.29, 1.82) is 0 Å². The third kappa shape index (κ3) is 3.15. The maximum absolute atomic E-state index is 10.4. The molecule has 7 heteroatoms. The van der Waals surface area contributed by atoms with Gasteiger partial charge in [-0.25, -0.2) is 0 Å². The molecule has 0 aliphatic rings. The lowest BCUT2D eigenvalue weighted by atomic mass is 10.1. The molecular formula is C12H18ClN5O. The Labute approximate surface area is 117 Å². The van der Waals surface area contributed by atoms with E-state index in [-0.39, 0.29) is 0 Å². The second kappa shape index (κ2) is 5.73. The quantitative estimate of drug-likeness (QED) is 0.886. The summed E-state index contributed by atoms with van der Waals surface area (Å²) in [6.45, 7) is 1.50.